The van der Waals surface area contributed by atoms with Gasteiger partial charge >= 0.3 is 0 Å². The highest BCUT2D eigenvalue weighted by Gasteiger charge is 2.34. The first-order chi connectivity index (χ1) is 9.65. The van der Waals surface area contributed by atoms with Gasteiger partial charge in [-0.15, -0.1) is 0 Å². The fourth-order valence-electron chi connectivity index (χ4n) is 2.70. The lowest BCUT2D eigenvalue weighted by Gasteiger charge is -2.43. The van der Waals surface area contributed by atoms with E-state index in [0.717, 1.165) is 31.7 Å². The Morgan fingerprint density at radius 2 is 1.85 bits per heavy atom. The molecular weight excluding hydrogens is 256 g/mol. The monoisotopic (exact) mass is 280 g/mol. The Balaban J connectivity index is 2.34. The summed E-state index contributed by atoms with van der Waals surface area (Å²) in [4.78, 5) is 2.31. The fraction of sp³-hybridized carbons (Fsp3) is 0.600. The van der Waals surface area contributed by atoms with Gasteiger partial charge in [-0.25, -0.2) is 0 Å². The van der Waals surface area contributed by atoms with Crippen LogP contribution in [0.25, 0.3) is 0 Å². The quantitative estimate of drug-likeness (QED) is 0.836. The first-order valence-electron chi connectivity index (χ1n) is 6.95. The van der Waals surface area contributed by atoms with Gasteiger partial charge in [-0.1, -0.05) is 6.07 Å². The third-order valence-corrected chi connectivity index (χ3v) is 4.13. The summed E-state index contributed by atoms with van der Waals surface area (Å²) in [6.07, 6.45) is 0. The number of benzene rings is 1. The molecule has 1 aromatic carbocycles. The molecule has 0 saturated carbocycles. The van der Waals surface area contributed by atoms with Gasteiger partial charge in [0, 0.05) is 26.2 Å². The van der Waals surface area contributed by atoms with E-state index in [0.29, 0.717) is 11.5 Å². The molecule has 1 aliphatic rings. The number of hydrogen-bond acceptors (Lipinski definition) is 5. The van der Waals surface area contributed by atoms with Gasteiger partial charge < -0.3 is 19.9 Å². The van der Waals surface area contributed by atoms with Gasteiger partial charge in [-0.2, -0.15) is 0 Å². The van der Waals surface area contributed by atoms with Gasteiger partial charge in [0.15, 0.2) is 11.5 Å². The van der Waals surface area contributed by atoms with Crippen LogP contribution in [0, 0.1) is 0 Å². The molecule has 20 heavy (non-hydrogen) atoms. The average molecular weight is 280 g/mol. The van der Waals surface area contributed by atoms with Crippen LogP contribution in [0.15, 0.2) is 18.2 Å². The molecule has 1 unspecified atom stereocenters. The molecule has 0 radical (unpaired) electrons. The summed E-state index contributed by atoms with van der Waals surface area (Å²) in [6, 6.07) is 5.85. The van der Waals surface area contributed by atoms with Crippen molar-refractivity contribution in [1.29, 1.82) is 0 Å². The van der Waals surface area contributed by atoms with Crippen LogP contribution in [0.3, 0.4) is 0 Å². The molecule has 1 aliphatic heterocycles. The Hall–Kier alpha value is -1.30. The first-order valence-corrected chi connectivity index (χ1v) is 6.95. The molecule has 1 heterocycles. The summed E-state index contributed by atoms with van der Waals surface area (Å²) in [5, 5.41) is 13.3. The van der Waals surface area contributed by atoms with Crippen LogP contribution in [0.4, 0.5) is 0 Å². The SMILES string of the molecule is COc1ccc(C(C)(CO)N2CCNCC2)cc1OC. The van der Waals surface area contributed by atoms with Crippen LogP contribution in [0.2, 0.25) is 0 Å². The van der Waals surface area contributed by atoms with Crippen LogP contribution in [0.1, 0.15) is 12.5 Å². The molecule has 112 valence electrons. The molecule has 2 N–H and O–H groups in total. The molecular formula is C15H24N2O3. The Morgan fingerprint density at radius 3 is 2.40 bits per heavy atom. The number of aliphatic hydroxyl groups is 1. The maximum absolute atomic E-state index is 9.95. The van der Waals surface area contributed by atoms with Crippen LogP contribution in [0.5, 0.6) is 11.5 Å². The second-order valence-electron chi connectivity index (χ2n) is 5.24. The van der Waals surface area contributed by atoms with Gasteiger partial charge in [-0.05, 0) is 24.6 Å². The molecule has 2 rings (SSSR count). The lowest BCUT2D eigenvalue weighted by Crippen LogP contribution is -2.54. The Bertz CT molecular complexity index is 447. The minimum Gasteiger partial charge on any atom is -0.493 e. The first kappa shape index (κ1) is 15.1. The van der Waals surface area contributed by atoms with Crippen molar-refractivity contribution in [2.75, 3.05) is 47.0 Å². The number of methoxy groups -OCH3 is 2. The summed E-state index contributed by atoms with van der Waals surface area (Å²) in [5.74, 6) is 1.40. The molecule has 5 heteroatoms. The van der Waals surface area contributed by atoms with Crippen molar-refractivity contribution >= 4 is 0 Å². The van der Waals surface area contributed by atoms with Crippen molar-refractivity contribution in [1.82, 2.24) is 10.2 Å². The highest BCUT2D eigenvalue weighted by Crippen LogP contribution is 2.35. The lowest BCUT2D eigenvalue weighted by molar-refractivity contribution is 0.0310. The Kier molecular flexibility index (Phi) is 4.86. The summed E-state index contributed by atoms with van der Waals surface area (Å²) in [5.41, 5.74) is 0.640. The van der Waals surface area contributed by atoms with Gasteiger partial charge in [0.1, 0.15) is 0 Å². The van der Waals surface area contributed by atoms with E-state index in [1.165, 1.54) is 0 Å². The van der Waals surface area contributed by atoms with Gasteiger partial charge in [0.2, 0.25) is 0 Å². The molecule has 1 fully saturated rings. The minimum absolute atomic E-state index is 0.0719. The Labute approximate surface area is 120 Å². The molecule has 0 aromatic heterocycles. The smallest absolute Gasteiger partial charge is 0.161 e. The topological polar surface area (TPSA) is 54.0 Å². The fourth-order valence-corrected chi connectivity index (χ4v) is 2.70. The zero-order chi connectivity index (χ0) is 14.6. The van der Waals surface area contributed by atoms with Crippen LogP contribution >= 0.6 is 0 Å². The molecule has 5 nitrogen and oxygen atoms in total. The molecule has 0 bridgehead atoms. The molecule has 1 aromatic rings. The van der Waals surface area contributed by atoms with Gasteiger partial charge in [0.25, 0.3) is 0 Å². The zero-order valence-electron chi connectivity index (χ0n) is 12.5. The van der Waals surface area contributed by atoms with E-state index < -0.39 is 5.54 Å². The largest absolute Gasteiger partial charge is 0.493 e. The van der Waals surface area contributed by atoms with E-state index in [1.807, 2.05) is 18.2 Å². The van der Waals surface area contributed by atoms with Crippen molar-refractivity contribution in [2.24, 2.45) is 0 Å². The van der Waals surface area contributed by atoms with E-state index in [9.17, 15) is 5.11 Å². The van der Waals surface area contributed by atoms with Crippen molar-refractivity contribution < 1.29 is 14.6 Å². The van der Waals surface area contributed by atoms with Crippen molar-refractivity contribution in [3.63, 3.8) is 0 Å². The molecule has 0 spiro atoms. The third kappa shape index (κ3) is 2.75. The molecule has 0 aliphatic carbocycles. The van der Waals surface area contributed by atoms with Crippen molar-refractivity contribution in [2.45, 2.75) is 12.5 Å². The molecule has 1 atom stereocenters. The summed E-state index contributed by atoms with van der Waals surface area (Å²) >= 11 is 0. The lowest BCUT2D eigenvalue weighted by atomic mass is 9.90. The highest BCUT2D eigenvalue weighted by atomic mass is 16.5. The minimum atomic E-state index is -0.401. The Morgan fingerprint density at radius 1 is 1.20 bits per heavy atom. The zero-order valence-corrected chi connectivity index (χ0v) is 12.5. The second kappa shape index (κ2) is 6.43. The third-order valence-electron chi connectivity index (χ3n) is 4.13. The number of aliphatic hydroxyl groups excluding tert-OH is 1. The maximum atomic E-state index is 9.95. The highest BCUT2D eigenvalue weighted by molar-refractivity contribution is 5.45. The van der Waals surface area contributed by atoms with E-state index >= 15 is 0 Å². The second-order valence-corrected chi connectivity index (χ2v) is 5.24. The molecule has 1 saturated heterocycles. The summed E-state index contributed by atoms with van der Waals surface area (Å²) in [6.45, 7) is 5.88. The predicted octanol–water partition coefficient (Wildman–Crippen LogP) is 0.816. The van der Waals surface area contributed by atoms with Crippen LogP contribution in [-0.4, -0.2) is 57.0 Å². The number of nitrogens with zero attached hydrogens (tertiary/aromatic N) is 1. The normalized spacial score (nSPS) is 19.4. The van der Waals surface area contributed by atoms with Gasteiger partial charge in [0.05, 0.1) is 26.4 Å². The standard InChI is InChI=1S/C15H24N2O3/c1-15(11-18,17-8-6-16-7-9-17)12-4-5-13(19-2)14(10-12)20-3/h4-5,10,16,18H,6-9,11H2,1-3H3. The number of hydrogen-bond donors (Lipinski definition) is 2. The van der Waals surface area contributed by atoms with Crippen LogP contribution < -0.4 is 14.8 Å². The number of nitrogens with one attached hydrogen (secondary N) is 1. The van der Waals surface area contributed by atoms with Gasteiger partial charge in [-0.3, -0.25) is 4.90 Å². The van der Waals surface area contributed by atoms with Crippen LogP contribution in [-0.2, 0) is 5.54 Å². The average Bonchev–Trinajstić information content (AvgIpc) is 2.54. The van der Waals surface area contributed by atoms with Crippen molar-refractivity contribution in [3.05, 3.63) is 23.8 Å². The maximum Gasteiger partial charge on any atom is 0.161 e. The predicted molar refractivity (Wildman–Crippen MR) is 78.4 cm³/mol. The van der Waals surface area contributed by atoms with E-state index in [1.54, 1.807) is 14.2 Å². The number of rotatable bonds is 5. The van der Waals surface area contributed by atoms with Crippen molar-refractivity contribution in [3.8, 4) is 11.5 Å². The van der Waals surface area contributed by atoms with E-state index in [-0.39, 0.29) is 6.61 Å². The number of ether oxygens (including phenoxy) is 2. The van der Waals surface area contributed by atoms with E-state index in [4.69, 9.17) is 9.47 Å². The van der Waals surface area contributed by atoms with E-state index in [2.05, 4.69) is 17.1 Å². The number of piperazine rings is 1. The molecule has 0 amide bonds. The summed E-state index contributed by atoms with van der Waals surface area (Å²) < 4.78 is 10.6. The summed E-state index contributed by atoms with van der Waals surface area (Å²) in [7, 11) is 3.25.